The Morgan fingerprint density at radius 3 is 2.08 bits per heavy atom. The lowest BCUT2D eigenvalue weighted by Crippen LogP contribution is -2.38. The van der Waals surface area contributed by atoms with Gasteiger partial charge in [0.2, 0.25) is 10.0 Å². The van der Waals surface area contributed by atoms with Gasteiger partial charge in [0.15, 0.2) is 0 Å². The molecule has 0 amide bonds. The van der Waals surface area contributed by atoms with Crippen LogP contribution in [0.15, 0.2) is 47.6 Å². The summed E-state index contributed by atoms with van der Waals surface area (Å²) in [5.74, 6) is 0.773. The second kappa shape index (κ2) is 6.72. The Balaban J connectivity index is 1.72. The minimum Gasteiger partial charge on any atom is -0.241 e. The maximum absolute atomic E-state index is 12.6. The van der Waals surface area contributed by atoms with E-state index in [1.54, 1.807) is 18.5 Å². The zero-order valence-corrected chi connectivity index (χ0v) is 14.0. The van der Waals surface area contributed by atoms with Crippen LogP contribution in [0.1, 0.15) is 30.1 Å². The van der Waals surface area contributed by atoms with Gasteiger partial charge in [0.05, 0.1) is 10.5 Å². The van der Waals surface area contributed by atoms with Crippen molar-refractivity contribution in [3.05, 3.63) is 54.1 Å². The van der Waals surface area contributed by atoms with Crippen LogP contribution in [0, 0.1) is 0 Å². The predicted molar refractivity (Wildman–Crippen MR) is 84.2 cm³/mol. The Morgan fingerprint density at radius 1 is 1.00 bits per heavy atom. The minimum atomic E-state index is -4.49. The first-order valence-electron chi connectivity index (χ1n) is 7.73. The molecule has 2 aromatic rings. The van der Waals surface area contributed by atoms with Crippen molar-refractivity contribution in [2.45, 2.75) is 29.8 Å². The monoisotopic (exact) mass is 371 g/mol. The highest BCUT2D eigenvalue weighted by molar-refractivity contribution is 7.89. The summed E-state index contributed by atoms with van der Waals surface area (Å²) in [6.45, 7) is 0.568. The Kier molecular flexibility index (Phi) is 4.79. The number of aromatic nitrogens is 2. The van der Waals surface area contributed by atoms with Crippen molar-refractivity contribution >= 4 is 10.0 Å². The maximum Gasteiger partial charge on any atom is 0.416 e. The molecular formula is C16H16F3N3O2S. The molecule has 0 spiro atoms. The summed E-state index contributed by atoms with van der Waals surface area (Å²) in [5.41, 5.74) is -0.869. The van der Waals surface area contributed by atoms with Crippen molar-refractivity contribution in [3.63, 3.8) is 0 Å². The Morgan fingerprint density at radius 2 is 1.56 bits per heavy atom. The van der Waals surface area contributed by atoms with Crippen LogP contribution in [0.25, 0.3) is 0 Å². The van der Waals surface area contributed by atoms with E-state index in [-0.39, 0.29) is 23.9 Å². The molecule has 1 saturated heterocycles. The van der Waals surface area contributed by atoms with Gasteiger partial charge in [-0.2, -0.15) is 17.5 Å². The standard InChI is InChI=1S/C16H16F3N3O2S/c17-16(18,19)13-2-4-14(5-3-13)25(23,24)22-10-6-12(7-11-22)15-20-8-1-9-21-15/h1-5,8-9,12H,6-7,10-11H2. The van der Waals surface area contributed by atoms with Gasteiger partial charge in [-0.05, 0) is 43.2 Å². The number of hydrogen-bond donors (Lipinski definition) is 0. The van der Waals surface area contributed by atoms with Crippen LogP contribution >= 0.6 is 0 Å². The molecule has 0 saturated carbocycles. The second-order valence-corrected chi connectivity index (χ2v) is 7.75. The van der Waals surface area contributed by atoms with E-state index >= 15 is 0 Å². The molecule has 5 nitrogen and oxygen atoms in total. The molecule has 1 aromatic carbocycles. The number of halogens is 3. The van der Waals surface area contributed by atoms with Crippen molar-refractivity contribution in [2.75, 3.05) is 13.1 Å². The largest absolute Gasteiger partial charge is 0.416 e. The zero-order chi connectivity index (χ0) is 18.1. The summed E-state index contributed by atoms with van der Waals surface area (Å²) in [6, 6.07) is 5.30. The van der Waals surface area contributed by atoms with Gasteiger partial charge in [0, 0.05) is 31.4 Å². The Bertz CT molecular complexity index is 816. The third kappa shape index (κ3) is 3.82. The molecule has 1 aliphatic heterocycles. The van der Waals surface area contributed by atoms with Crippen molar-refractivity contribution in [1.82, 2.24) is 14.3 Å². The highest BCUT2D eigenvalue weighted by atomic mass is 32.2. The molecule has 0 bridgehead atoms. The van der Waals surface area contributed by atoms with Crippen LogP contribution in [0.4, 0.5) is 13.2 Å². The second-order valence-electron chi connectivity index (χ2n) is 5.81. The Labute approximate surface area is 143 Å². The fraction of sp³-hybridized carbons (Fsp3) is 0.375. The van der Waals surface area contributed by atoms with Crippen LogP contribution in [-0.4, -0.2) is 35.8 Å². The molecule has 1 fully saturated rings. The molecule has 0 atom stereocenters. The number of hydrogen-bond acceptors (Lipinski definition) is 4. The normalized spacial score (nSPS) is 17.6. The predicted octanol–water partition coefficient (Wildman–Crippen LogP) is 3.06. The van der Waals surface area contributed by atoms with E-state index in [1.165, 1.54) is 4.31 Å². The summed E-state index contributed by atoms with van der Waals surface area (Å²) in [5, 5.41) is 0. The third-order valence-electron chi connectivity index (χ3n) is 4.22. The minimum absolute atomic E-state index is 0.0836. The van der Waals surface area contributed by atoms with E-state index in [0.717, 1.165) is 24.3 Å². The van der Waals surface area contributed by atoms with Crippen molar-refractivity contribution in [1.29, 1.82) is 0 Å². The zero-order valence-electron chi connectivity index (χ0n) is 13.1. The molecule has 0 aliphatic carbocycles. The Hall–Kier alpha value is -2.00. The first kappa shape index (κ1) is 17.8. The van der Waals surface area contributed by atoms with Gasteiger partial charge >= 0.3 is 6.18 Å². The number of rotatable bonds is 3. The maximum atomic E-state index is 12.6. The lowest BCUT2D eigenvalue weighted by molar-refractivity contribution is -0.137. The first-order valence-corrected chi connectivity index (χ1v) is 9.17. The van der Waals surface area contributed by atoms with Gasteiger partial charge in [-0.15, -0.1) is 0 Å². The summed E-state index contributed by atoms with van der Waals surface area (Å²) in [7, 11) is -3.80. The van der Waals surface area contributed by atoms with E-state index < -0.39 is 21.8 Å². The van der Waals surface area contributed by atoms with E-state index in [9.17, 15) is 21.6 Å². The lowest BCUT2D eigenvalue weighted by atomic mass is 9.97. The van der Waals surface area contributed by atoms with Crippen LogP contribution in [-0.2, 0) is 16.2 Å². The highest BCUT2D eigenvalue weighted by Crippen LogP contribution is 2.32. The summed E-state index contributed by atoms with van der Waals surface area (Å²) in [6.07, 6.45) is -0.0502. The lowest BCUT2D eigenvalue weighted by Gasteiger charge is -2.30. The molecule has 9 heteroatoms. The molecule has 0 unspecified atom stereocenters. The van der Waals surface area contributed by atoms with E-state index in [2.05, 4.69) is 9.97 Å². The molecule has 25 heavy (non-hydrogen) atoms. The quantitative estimate of drug-likeness (QED) is 0.832. The van der Waals surface area contributed by atoms with Gasteiger partial charge < -0.3 is 0 Å². The summed E-state index contributed by atoms with van der Waals surface area (Å²) >= 11 is 0. The van der Waals surface area contributed by atoms with Gasteiger partial charge in [0.25, 0.3) is 0 Å². The van der Waals surface area contributed by atoms with Crippen molar-refractivity contribution in [3.8, 4) is 0 Å². The van der Waals surface area contributed by atoms with Crippen LogP contribution in [0.5, 0.6) is 0 Å². The fourth-order valence-electron chi connectivity index (χ4n) is 2.84. The summed E-state index contributed by atoms with van der Waals surface area (Å²) < 4.78 is 64.3. The molecule has 3 rings (SSSR count). The molecule has 1 aliphatic rings. The van der Waals surface area contributed by atoms with E-state index in [0.29, 0.717) is 18.7 Å². The molecule has 0 N–H and O–H groups in total. The van der Waals surface area contributed by atoms with Crippen molar-refractivity contribution < 1.29 is 21.6 Å². The molecule has 2 heterocycles. The summed E-state index contributed by atoms with van der Waals surface area (Å²) in [4.78, 5) is 8.26. The molecule has 1 aromatic heterocycles. The van der Waals surface area contributed by atoms with Gasteiger partial charge in [-0.3, -0.25) is 0 Å². The average Bonchev–Trinajstić information content (AvgIpc) is 2.62. The van der Waals surface area contributed by atoms with Crippen LogP contribution in [0.3, 0.4) is 0 Å². The van der Waals surface area contributed by atoms with Gasteiger partial charge in [-0.1, -0.05) is 0 Å². The number of benzene rings is 1. The van der Waals surface area contributed by atoms with Crippen LogP contribution in [0.2, 0.25) is 0 Å². The fourth-order valence-corrected chi connectivity index (χ4v) is 4.31. The molecular weight excluding hydrogens is 355 g/mol. The van der Waals surface area contributed by atoms with Gasteiger partial charge in [-0.25, -0.2) is 18.4 Å². The number of nitrogens with zero attached hydrogens (tertiary/aromatic N) is 3. The highest BCUT2D eigenvalue weighted by Gasteiger charge is 2.33. The third-order valence-corrected chi connectivity index (χ3v) is 6.14. The van der Waals surface area contributed by atoms with Gasteiger partial charge in [0.1, 0.15) is 5.82 Å². The van der Waals surface area contributed by atoms with Crippen LogP contribution < -0.4 is 0 Å². The average molecular weight is 371 g/mol. The van der Waals surface area contributed by atoms with E-state index in [1.807, 2.05) is 0 Å². The number of piperidine rings is 1. The number of alkyl halides is 3. The smallest absolute Gasteiger partial charge is 0.241 e. The molecule has 134 valence electrons. The molecule has 0 radical (unpaired) electrons. The van der Waals surface area contributed by atoms with E-state index in [4.69, 9.17) is 0 Å². The topological polar surface area (TPSA) is 63.2 Å². The SMILES string of the molecule is O=S(=O)(c1ccc(C(F)(F)F)cc1)N1CCC(c2ncccn2)CC1. The first-order chi connectivity index (χ1) is 11.8. The number of sulfonamides is 1. The van der Waals surface area contributed by atoms with Crippen molar-refractivity contribution in [2.24, 2.45) is 0 Å².